The van der Waals surface area contributed by atoms with Gasteiger partial charge in [-0.1, -0.05) is 26.2 Å². The zero-order valence-corrected chi connectivity index (χ0v) is 10.2. The summed E-state index contributed by atoms with van der Waals surface area (Å²) < 4.78 is 0. The van der Waals surface area contributed by atoms with Crippen molar-refractivity contribution < 1.29 is 0 Å². The molecule has 0 aliphatic heterocycles. The lowest BCUT2D eigenvalue weighted by Gasteiger charge is -2.19. The minimum Gasteiger partial charge on any atom is -0.330 e. The molecule has 1 aliphatic carbocycles. The highest BCUT2D eigenvalue weighted by Crippen LogP contribution is 2.34. The Hall–Kier alpha value is -0.410. The van der Waals surface area contributed by atoms with Crippen molar-refractivity contribution in [3.8, 4) is 0 Å². The molecule has 1 fully saturated rings. The van der Waals surface area contributed by atoms with Crippen molar-refractivity contribution in [1.82, 2.24) is 4.98 Å². The van der Waals surface area contributed by atoms with Crippen molar-refractivity contribution in [3.05, 3.63) is 16.1 Å². The molecule has 1 unspecified atom stereocenters. The van der Waals surface area contributed by atoms with Crippen LogP contribution in [0.25, 0.3) is 0 Å². The van der Waals surface area contributed by atoms with Crippen molar-refractivity contribution in [2.24, 2.45) is 5.73 Å². The van der Waals surface area contributed by atoms with Crippen molar-refractivity contribution >= 4 is 11.3 Å². The summed E-state index contributed by atoms with van der Waals surface area (Å²) in [6.45, 7) is 2.85. The standard InChI is InChI=1S/C12H20N2S/c1-9(7-13)11-8-15-12(14-11)10-5-3-2-4-6-10/h8-10H,2-7,13H2,1H3. The molecular formula is C12H20N2S. The molecule has 1 atom stereocenters. The summed E-state index contributed by atoms with van der Waals surface area (Å²) in [5.74, 6) is 1.15. The lowest BCUT2D eigenvalue weighted by Crippen LogP contribution is -2.10. The number of nitrogens with zero attached hydrogens (tertiary/aromatic N) is 1. The molecule has 1 heterocycles. The zero-order valence-electron chi connectivity index (χ0n) is 9.41. The monoisotopic (exact) mass is 224 g/mol. The number of hydrogen-bond donors (Lipinski definition) is 1. The second-order valence-corrected chi connectivity index (χ2v) is 5.47. The summed E-state index contributed by atoms with van der Waals surface area (Å²) in [6.07, 6.45) is 6.85. The molecule has 2 N–H and O–H groups in total. The fourth-order valence-electron chi connectivity index (χ4n) is 2.18. The summed E-state index contributed by atoms with van der Waals surface area (Å²) in [7, 11) is 0. The average molecular weight is 224 g/mol. The van der Waals surface area contributed by atoms with Gasteiger partial charge in [-0.2, -0.15) is 0 Å². The van der Waals surface area contributed by atoms with Crippen LogP contribution in [0.5, 0.6) is 0 Å². The molecule has 0 amide bonds. The van der Waals surface area contributed by atoms with Crippen LogP contribution in [0.4, 0.5) is 0 Å². The van der Waals surface area contributed by atoms with E-state index in [9.17, 15) is 0 Å². The van der Waals surface area contributed by atoms with Crippen molar-refractivity contribution in [3.63, 3.8) is 0 Å². The van der Waals surface area contributed by atoms with Crippen molar-refractivity contribution in [1.29, 1.82) is 0 Å². The lowest BCUT2D eigenvalue weighted by molar-refractivity contribution is 0.441. The Morgan fingerprint density at radius 3 is 2.87 bits per heavy atom. The molecule has 2 rings (SSSR count). The van der Waals surface area contributed by atoms with E-state index in [4.69, 9.17) is 10.7 Å². The number of hydrogen-bond acceptors (Lipinski definition) is 3. The van der Waals surface area contributed by atoms with Gasteiger partial charge in [0.1, 0.15) is 0 Å². The van der Waals surface area contributed by atoms with E-state index < -0.39 is 0 Å². The van der Waals surface area contributed by atoms with Gasteiger partial charge in [0.25, 0.3) is 0 Å². The molecule has 84 valence electrons. The van der Waals surface area contributed by atoms with Crippen LogP contribution >= 0.6 is 11.3 Å². The van der Waals surface area contributed by atoms with Crippen LogP contribution in [0.2, 0.25) is 0 Å². The van der Waals surface area contributed by atoms with E-state index in [-0.39, 0.29) is 0 Å². The van der Waals surface area contributed by atoms with Gasteiger partial charge in [-0.15, -0.1) is 11.3 Å². The molecule has 2 nitrogen and oxygen atoms in total. The van der Waals surface area contributed by atoms with Gasteiger partial charge >= 0.3 is 0 Å². The molecule has 0 spiro atoms. The van der Waals surface area contributed by atoms with Crippen LogP contribution in [-0.2, 0) is 0 Å². The van der Waals surface area contributed by atoms with Crippen LogP contribution < -0.4 is 5.73 Å². The third-order valence-corrected chi connectivity index (χ3v) is 4.38. The minimum atomic E-state index is 0.415. The fraction of sp³-hybridized carbons (Fsp3) is 0.750. The Labute approximate surface area is 95.9 Å². The summed E-state index contributed by atoms with van der Waals surface area (Å²) in [5, 5.41) is 3.55. The summed E-state index contributed by atoms with van der Waals surface area (Å²) >= 11 is 1.83. The second-order valence-electron chi connectivity index (χ2n) is 4.58. The molecule has 1 saturated carbocycles. The molecule has 1 aliphatic rings. The molecule has 0 radical (unpaired) electrons. The number of thiazole rings is 1. The van der Waals surface area contributed by atoms with Crippen LogP contribution in [0, 0.1) is 0 Å². The molecule has 0 aromatic carbocycles. The second kappa shape index (κ2) is 5.08. The maximum atomic E-state index is 5.66. The summed E-state index contributed by atoms with van der Waals surface area (Å²) in [6, 6.07) is 0. The fourth-order valence-corrected chi connectivity index (χ4v) is 3.30. The Morgan fingerprint density at radius 1 is 1.47 bits per heavy atom. The van der Waals surface area contributed by atoms with E-state index in [1.165, 1.54) is 42.8 Å². The van der Waals surface area contributed by atoms with Crippen molar-refractivity contribution in [2.45, 2.75) is 50.9 Å². The quantitative estimate of drug-likeness (QED) is 0.856. The third-order valence-electron chi connectivity index (χ3n) is 3.35. The predicted octanol–water partition coefficient (Wildman–Crippen LogP) is 3.25. The van der Waals surface area contributed by atoms with Gasteiger partial charge in [0.2, 0.25) is 0 Å². The van der Waals surface area contributed by atoms with E-state index in [1.54, 1.807) is 0 Å². The third kappa shape index (κ3) is 2.58. The smallest absolute Gasteiger partial charge is 0.0959 e. The Balaban J connectivity index is 2.05. The number of rotatable bonds is 3. The van der Waals surface area contributed by atoms with Gasteiger partial charge in [-0.05, 0) is 12.8 Å². The van der Waals surface area contributed by atoms with Gasteiger partial charge in [0.05, 0.1) is 10.7 Å². The van der Waals surface area contributed by atoms with E-state index in [2.05, 4.69) is 12.3 Å². The minimum absolute atomic E-state index is 0.415. The van der Waals surface area contributed by atoms with Gasteiger partial charge in [0, 0.05) is 23.8 Å². The molecule has 15 heavy (non-hydrogen) atoms. The highest BCUT2D eigenvalue weighted by atomic mass is 32.1. The molecule has 0 bridgehead atoms. The Kier molecular flexibility index (Phi) is 3.76. The van der Waals surface area contributed by atoms with Crippen molar-refractivity contribution in [2.75, 3.05) is 6.54 Å². The van der Waals surface area contributed by atoms with E-state index >= 15 is 0 Å². The van der Waals surface area contributed by atoms with Gasteiger partial charge in [-0.25, -0.2) is 4.98 Å². The summed E-state index contributed by atoms with van der Waals surface area (Å²) in [5.41, 5.74) is 6.85. The van der Waals surface area contributed by atoms with Crippen LogP contribution in [-0.4, -0.2) is 11.5 Å². The van der Waals surface area contributed by atoms with Gasteiger partial charge < -0.3 is 5.73 Å². The van der Waals surface area contributed by atoms with Crippen LogP contribution in [0.1, 0.15) is 61.6 Å². The van der Waals surface area contributed by atoms with Crippen LogP contribution in [0.15, 0.2) is 5.38 Å². The molecule has 1 aromatic rings. The first-order chi connectivity index (χ1) is 7.31. The van der Waals surface area contributed by atoms with E-state index in [0.717, 1.165) is 5.92 Å². The molecule has 1 aromatic heterocycles. The lowest BCUT2D eigenvalue weighted by atomic mass is 9.90. The average Bonchev–Trinajstić information content (AvgIpc) is 2.78. The van der Waals surface area contributed by atoms with E-state index in [1.807, 2.05) is 11.3 Å². The van der Waals surface area contributed by atoms with Crippen LogP contribution in [0.3, 0.4) is 0 Å². The molecular weight excluding hydrogens is 204 g/mol. The first-order valence-electron chi connectivity index (χ1n) is 5.96. The first-order valence-corrected chi connectivity index (χ1v) is 6.84. The topological polar surface area (TPSA) is 38.9 Å². The molecule has 3 heteroatoms. The zero-order chi connectivity index (χ0) is 10.7. The Morgan fingerprint density at radius 2 is 2.20 bits per heavy atom. The highest BCUT2D eigenvalue weighted by molar-refractivity contribution is 7.09. The maximum Gasteiger partial charge on any atom is 0.0959 e. The van der Waals surface area contributed by atoms with Gasteiger partial charge in [0.15, 0.2) is 0 Å². The summed E-state index contributed by atoms with van der Waals surface area (Å²) in [4.78, 5) is 4.74. The van der Waals surface area contributed by atoms with E-state index in [0.29, 0.717) is 12.5 Å². The SMILES string of the molecule is CC(CN)c1csc(C2CCCCC2)n1. The Bertz CT molecular complexity index is 302. The number of aromatic nitrogens is 1. The van der Waals surface area contributed by atoms with Gasteiger partial charge in [-0.3, -0.25) is 0 Å². The number of nitrogens with two attached hydrogens (primary N) is 1. The predicted molar refractivity (Wildman–Crippen MR) is 65.4 cm³/mol. The molecule has 0 saturated heterocycles. The first kappa shape index (κ1) is 11.1. The normalized spacial score (nSPS) is 20.4. The highest BCUT2D eigenvalue weighted by Gasteiger charge is 2.19. The largest absolute Gasteiger partial charge is 0.330 e. The maximum absolute atomic E-state index is 5.66.